The number of imidazole rings is 2. The van der Waals surface area contributed by atoms with Gasteiger partial charge in [-0.3, -0.25) is 8.80 Å². The Morgan fingerprint density at radius 1 is 0.523 bits per heavy atom. The van der Waals surface area contributed by atoms with Crippen LogP contribution in [0.1, 0.15) is 27.8 Å². The zero-order valence-electron chi connectivity index (χ0n) is 24.9. The summed E-state index contributed by atoms with van der Waals surface area (Å²) < 4.78 is 4.97. The third-order valence-corrected chi connectivity index (χ3v) is 9.96. The minimum atomic E-state index is 0.911. The number of hydrogen-bond acceptors (Lipinski definition) is 1. The van der Waals surface area contributed by atoms with Gasteiger partial charge < -0.3 is 0 Å². The maximum Gasteiger partial charge on any atom is 0.220 e. The highest BCUT2D eigenvalue weighted by molar-refractivity contribution is 6.23. The first-order valence-electron chi connectivity index (χ1n) is 15.5. The van der Waals surface area contributed by atoms with Crippen molar-refractivity contribution < 1.29 is 0 Å². The van der Waals surface area contributed by atoms with E-state index < -0.39 is 0 Å². The molecule has 10 rings (SSSR count). The molecule has 44 heavy (non-hydrogen) atoms. The molecule has 0 spiro atoms. The second-order valence-electron chi connectivity index (χ2n) is 12.6. The molecule has 208 valence electrons. The number of aryl methyl sites for hydroxylation is 3. The van der Waals surface area contributed by atoms with E-state index in [4.69, 9.17) is 4.98 Å². The zero-order chi connectivity index (χ0) is 29.3. The number of fused-ring (bicyclic) bond motifs is 16. The van der Waals surface area contributed by atoms with E-state index in [0.29, 0.717) is 0 Å². The summed E-state index contributed by atoms with van der Waals surface area (Å²) >= 11 is 0. The van der Waals surface area contributed by atoms with Crippen molar-refractivity contribution in [2.45, 2.75) is 27.2 Å². The molecular weight excluding hydrogens is 534 g/mol. The summed E-state index contributed by atoms with van der Waals surface area (Å²) in [6.45, 7) is 6.64. The number of para-hydroxylation sites is 1. The van der Waals surface area contributed by atoms with Crippen LogP contribution in [-0.2, 0) is 6.42 Å². The second-order valence-corrected chi connectivity index (χ2v) is 12.6. The van der Waals surface area contributed by atoms with E-state index in [-0.39, 0.29) is 0 Å². The van der Waals surface area contributed by atoms with Gasteiger partial charge >= 0.3 is 0 Å². The lowest BCUT2D eigenvalue weighted by molar-refractivity contribution is 1.19. The van der Waals surface area contributed by atoms with E-state index in [1.165, 1.54) is 93.3 Å². The highest BCUT2D eigenvalue weighted by atomic mass is 15.2. The highest BCUT2D eigenvalue weighted by Crippen LogP contribution is 2.46. The fraction of sp³-hybridized carbons (Fsp3) is 0.0976. The first-order chi connectivity index (χ1) is 21.6. The van der Waals surface area contributed by atoms with Crippen molar-refractivity contribution >= 4 is 65.7 Å². The number of rotatable bonds is 0. The molecule has 0 N–H and O–H groups in total. The van der Waals surface area contributed by atoms with Crippen LogP contribution in [0.15, 0.2) is 109 Å². The van der Waals surface area contributed by atoms with E-state index in [2.05, 4.69) is 139 Å². The Kier molecular flexibility index (Phi) is 4.57. The summed E-state index contributed by atoms with van der Waals surface area (Å²) in [6, 6.07) is 40.6. The SMILES string of the molecule is Cc1cc(C)c2nc3n(c2c1)c1c2c(cc4c5ccccc5c5ccccc5c5cccc(C)c5n3c41)-c1ccccc1C2. The van der Waals surface area contributed by atoms with E-state index in [1.807, 2.05) is 0 Å². The van der Waals surface area contributed by atoms with Crippen LogP contribution >= 0.6 is 0 Å². The number of benzene rings is 6. The van der Waals surface area contributed by atoms with Crippen LogP contribution in [0, 0.1) is 20.8 Å². The molecule has 0 saturated heterocycles. The predicted molar refractivity (Wildman–Crippen MR) is 185 cm³/mol. The zero-order valence-corrected chi connectivity index (χ0v) is 24.9. The Morgan fingerprint density at radius 3 is 1.95 bits per heavy atom. The standard InChI is InChI=1S/C41H29N3/c1-23-19-25(3)37-36(20-23)43-39-34-21-26-12-4-5-13-27(26)33(34)22-35-31-17-9-7-15-29(31)28-14-6-8-16-30(28)32-18-10-11-24(2)38(32)44(40(35)39)41(43)42-37/h4-20,22H,21H2,1-3H3. The maximum absolute atomic E-state index is 5.49. The quantitative estimate of drug-likeness (QED) is 0.180. The molecule has 3 heteroatoms. The normalized spacial score (nSPS) is 12.8. The molecule has 0 atom stereocenters. The highest BCUT2D eigenvalue weighted by Gasteiger charge is 2.28. The first kappa shape index (κ1) is 24.1. The average Bonchev–Trinajstić information content (AvgIpc) is 3.70. The molecule has 6 aromatic carbocycles. The minimum Gasteiger partial charge on any atom is -0.277 e. The molecular formula is C41H29N3. The molecule has 3 nitrogen and oxygen atoms in total. The van der Waals surface area contributed by atoms with Crippen LogP contribution in [0.3, 0.4) is 0 Å². The van der Waals surface area contributed by atoms with E-state index in [0.717, 1.165) is 17.7 Å². The van der Waals surface area contributed by atoms with Gasteiger partial charge in [-0.05, 0) is 93.4 Å². The average molecular weight is 564 g/mol. The van der Waals surface area contributed by atoms with Gasteiger partial charge in [-0.25, -0.2) is 4.98 Å². The Morgan fingerprint density at radius 2 is 1.18 bits per heavy atom. The Hall–Kier alpha value is -5.41. The van der Waals surface area contributed by atoms with Gasteiger partial charge in [-0.1, -0.05) is 97.1 Å². The molecule has 0 aliphatic heterocycles. The Labute approximate surface area is 254 Å². The molecule has 1 aliphatic rings. The first-order valence-corrected chi connectivity index (χ1v) is 15.5. The van der Waals surface area contributed by atoms with Crippen LogP contribution in [0.4, 0.5) is 0 Å². The molecule has 1 aliphatic carbocycles. The van der Waals surface area contributed by atoms with Crippen molar-refractivity contribution in [1.29, 1.82) is 0 Å². The third-order valence-electron chi connectivity index (χ3n) is 9.96. The monoisotopic (exact) mass is 563 g/mol. The molecule has 0 unspecified atom stereocenters. The van der Waals surface area contributed by atoms with Gasteiger partial charge in [0, 0.05) is 17.2 Å². The summed E-state index contributed by atoms with van der Waals surface area (Å²) in [5, 5.41) is 7.48. The lowest BCUT2D eigenvalue weighted by Crippen LogP contribution is -1.92. The molecule has 0 saturated carbocycles. The fourth-order valence-corrected chi connectivity index (χ4v) is 8.19. The topological polar surface area (TPSA) is 21.7 Å². The van der Waals surface area contributed by atoms with Crippen molar-refractivity contribution in [2.24, 2.45) is 0 Å². The molecule has 3 heterocycles. The molecule has 9 aromatic rings. The predicted octanol–water partition coefficient (Wildman–Crippen LogP) is 10.4. The van der Waals surface area contributed by atoms with Crippen LogP contribution in [0.25, 0.3) is 76.8 Å². The third kappa shape index (κ3) is 2.94. The summed E-state index contributed by atoms with van der Waals surface area (Å²) in [7, 11) is 0. The van der Waals surface area contributed by atoms with Gasteiger partial charge in [0.2, 0.25) is 5.78 Å². The molecule has 3 aromatic heterocycles. The van der Waals surface area contributed by atoms with Crippen molar-refractivity contribution in [3.63, 3.8) is 0 Å². The number of nitrogens with zero attached hydrogens (tertiary/aromatic N) is 3. The van der Waals surface area contributed by atoms with Crippen LogP contribution in [-0.4, -0.2) is 13.8 Å². The van der Waals surface area contributed by atoms with E-state index >= 15 is 0 Å². The summed E-state index contributed by atoms with van der Waals surface area (Å²) in [4.78, 5) is 5.49. The van der Waals surface area contributed by atoms with Gasteiger partial charge in [-0.2, -0.15) is 0 Å². The molecule has 0 bridgehead atoms. The van der Waals surface area contributed by atoms with Crippen LogP contribution in [0.5, 0.6) is 0 Å². The molecule has 0 radical (unpaired) electrons. The van der Waals surface area contributed by atoms with Gasteiger partial charge in [0.25, 0.3) is 0 Å². The minimum absolute atomic E-state index is 0.911. The largest absolute Gasteiger partial charge is 0.277 e. The van der Waals surface area contributed by atoms with Crippen LogP contribution in [0.2, 0.25) is 0 Å². The van der Waals surface area contributed by atoms with Gasteiger partial charge in [0.05, 0.1) is 27.6 Å². The van der Waals surface area contributed by atoms with Gasteiger partial charge in [-0.15, -0.1) is 0 Å². The number of hydrogen-bond donors (Lipinski definition) is 0. The molecule has 0 amide bonds. The van der Waals surface area contributed by atoms with E-state index in [1.54, 1.807) is 0 Å². The summed E-state index contributed by atoms with van der Waals surface area (Å²) in [6.07, 6.45) is 0.911. The van der Waals surface area contributed by atoms with Crippen molar-refractivity contribution in [2.75, 3.05) is 0 Å². The maximum atomic E-state index is 5.49. The summed E-state index contributed by atoms with van der Waals surface area (Å²) in [5.41, 5.74) is 15.1. The van der Waals surface area contributed by atoms with Crippen molar-refractivity contribution in [3.05, 3.63) is 137 Å². The lowest BCUT2D eigenvalue weighted by atomic mass is 9.97. The van der Waals surface area contributed by atoms with Gasteiger partial charge in [0.15, 0.2) is 0 Å². The Balaban J connectivity index is 1.67. The van der Waals surface area contributed by atoms with Crippen molar-refractivity contribution in [3.8, 4) is 11.1 Å². The van der Waals surface area contributed by atoms with Crippen LogP contribution < -0.4 is 0 Å². The smallest absolute Gasteiger partial charge is 0.220 e. The Bertz CT molecular complexity index is 2770. The van der Waals surface area contributed by atoms with E-state index in [9.17, 15) is 0 Å². The lowest BCUT2D eigenvalue weighted by Gasteiger charge is -2.09. The fourth-order valence-electron chi connectivity index (χ4n) is 8.19. The second kappa shape index (κ2) is 8.36. The van der Waals surface area contributed by atoms with Crippen molar-refractivity contribution in [1.82, 2.24) is 13.8 Å². The summed E-state index contributed by atoms with van der Waals surface area (Å²) in [5.74, 6) is 0.974. The molecule has 0 fully saturated rings. The van der Waals surface area contributed by atoms with Gasteiger partial charge in [0.1, 0.15) is 0 Å². The number of aromatic nitrogens is 3.